The molecular formula is C21H17FN2O5S2. The Morgan fingerprint density at radius 1 is 1.29 bits per heavy atom. The number of carbonyl (C=O) groups excluding carboxylic acids is 2. The number of carboxylic acids is 1. The van der Waals surface area contributed by atoms with Crippen LogP contribution in [0.25, 0.3) is 6.08 Å². The molecule has 160 valence electrons. The lowest BCUT2D eigenvalue weighted by atomic mass is 10.2. The van der Waals surface area contributed by atoms with E-state index in [0.717, 1.165) is 22.8 Å². The highest BCUT2D eigenvalue weighted by Crippen LogP contribution is 2.32. The number of hydrazine groups is 1. The highest BCUT2D eigenvalue weighted by atomic mass is 32.2. The van der Waals surface area contributed by atoms with E-state index >= 15 is 0 Å². The molecule has 1 heterocycles. The van der Waals surface area contributed by atoms with Crippen LogP contribution in [0.3, 0.4) is 0 Å². The Labute approximate surface area is 186 Å². The summed E-state index contributed by atoms with van der Waals surface area (Å²) in [6.07, 6.45) is 0.852. The van der Waals surface area contributed by atoms with Crippen LogP contribution in [0, 0.1) is 5.82 Å². The summed E-state index contributed by atoms with van der Waals surface area (Å²) in [7, 11) is 0. The first-order valence-electron chi connectivity index (χ1n) is 9.13. The third-order valence-corrected chi connectivity index (χ3v) is 5.51. The molecule has 1 unspecified atom stereocenters. The molecule has 3 rings (SSSR count). The number of nitrogens with one attached hydrogen (secondary N) is 1. The van der Waals surface area contributed by atoms with Crippen molar-refractivity contribution in [1.82, 2.24) is 10.4 Å². The minimum Gasteiger partial charge on any atom is -0.479 e. The van der Waals surface area contributed by atoms with Gasteiger partial charge < -0.3 is 9.84 Å². The molecule has 0 spiro atoms. The number of thiocarbonyl (C=S) groups is 1. The number of rotatable bonds is 7. The van der Waals surface area contributed by atoms with E-state index in [0.29, 0.717) is 17.7 Å². The highest BCUT2D eigenvalue weighted by molar-refractivity contribution is 8.26. The van der Waals surface area contributed by atoms with E-state index in [2.05, 4.69) is 5.43 Å². The molecule has 1 fully saturated rings. The van der Waals surface area contributed by atoms with Gasteiger partial charge in [0.25, 0.3) is 11.8 Å². The van der Waals surface area contributed by atoms with Gasteiger partial charge in [0.2, 0.25) is 0 Å². The SMILES string of the molecule is CCC(Oc1cccc(/C=C2/SC(=S)N(NC(=O)c3ccccc3F)C2=O)c1)C(=O)O. The number of aliphatic carboxylic acids is 1. The lowest BCUT2D eigenvalue weighted by molar-refractivity contribution is -0.145. The predicted molar refractivity (Wildman–Crippen MR) is 118 cm³/mol. The van der Waals surface area contributed by atoms with Crippen LogP contribution >= 0.6 is 24.0 Å². The number of thioether (sulfide) groups is 1. The number of halogens is 1. The summed E-state index contributed by atoms with van der Waals surface area (Å²) in [5.41, 5.74) is 2.69. The molecule has 7 nitrogen and oxygen atoms in total. The van der Waals surface area contributed by atoms with Gasteiger partial charge in [-0.2, -0.15) is 5.01 Å². The Hall–Kier alpha value is -3.24. The number of hydrogen-bond donors (Lipinski definition) is 2. The minimum absolute atomic E-state index is 0.0882. The zero-order valence-electron chi connectivity index (χ0n) is 16.2. The van der Waals surface area contributed by atoms with Crippen LogP contribution in [0.1, 0.15) is 29.3 Å². The third kappa shape index (κ3) is 5.28. The molecule has 2 amide bonds. The lowest BCUT2D eigenvalue weighted by Gasteiger charge is -2.15. The molecule has 0 bridgehead atoms. The Kier molecular flexibility index (Phi) is 7.03. The number of carboxylic acid groups (broad SMARTS) is 1. The zero-order valence-corrected chi connectivity index (χ0v) is 17.8. The van der Waals surface area contributed by atoms with Crippen molar-refractivity contribution in [2.45, 2.75) is 19.4 Å². The van der Waals surface area contributed by atoms with Gasteiger partial charge in [0.1, 0.15) is 11.6 Å². The Morgan fingerprint density at radius 2 is 2.03 bits per heavy atom. The molecule has 1 atom stereocenters. The number of nitrogens with zero attached hydrogens (tertiary/aromatic N) is 1. The largest absolute Gasteiger partial charge is 0.479 e. The van der Waals surface area contributed by atoms with E-state index in [1.54, 1.807) is 37.3 Å². The fraction of sp³-hybridized carbons (Fsp3) is 0.143. The topological polar surface area (TPSA) is 95.9 Å². The monoisotopic (exact) mass is 460 g/mol. The van der Waals surface area contributed by atoms with Gasteiger partial charge in [-0.3, -0.25) is 15.0 Å². The van der Waals surface area contributed by atoms with Crippen molar-refractivity contribution in [3.05, 3.63) is 70.4 Å². The van der Waals surface area contributed by atoms with Crippen molar-refractivity contribution >= 4 is 52.2 Å². The molecular weight excluding hydrogens is 443 g/mol. The van der Waals surface area contributed by atoms with Crippen molar-refractivity contribution < 1.29 is 28.6 Å². The van der Waals surface area contributed by atoms with Crippen molar-refractivity contribution in [2.24, 2.45) is 0 Å². The second-order valence-electron chi connectivity index (χ2n) is 6.36. The van der Waals surface area contributed by atoms with E-state index in [1.165, 1.54) is 18.2 Å². The number of carbonyl (C=O) groups is 3. The number of hydrogen-bond acceptors (Lipinski definition) is 6. The average molecular weight is 461 g/mol. The summed E-state index contributed by atoms with van der Waals surface area (Å²) in [4.78, 5) is 36.4. The summed E-state index contributed by atoms with van der Waals surface area (Å²) < 4.78 is 19.4. The molecule has 10 heteroatoms. The lowest BCUT2D eigenvalue weighted by Crippen LogP contribution is -2.45. The van der Waals surface area contributed by atoms with Crippen LogP contribution < -0.4 is 10.2 Å². The standard InChI is InChI=1S/C21H17FN2O5S2/c1-2-16(20(27)28)29-13-7-5-6-12(10-13)11-17-19(26)24(21(30)31-17)23-18(25)14-8-3-4-9-15(14)22/h3-11,16H,2H2,1H3,(H,23,25)(H,27,28)/b17-11+. The summed E-state index contributed by atoms with van der Waals surface area (Å²) in [5.74, 6) is -2.82. The maximum atomic E-state index is 13.8. The summed E-state index contributed by atoms with van der Waals surface area (Å²) in [6, 6.07) is 12.0. The maximum absolute atomic E-state index is 13.8. The van der Waals surface area contributed by atoms with E-state index in [9.17, 15) is 18.8 Å². The van der Waals surface area contributed by atoms with Crippen LogP contribution in [-0.2, 0) is 9.59 Å². The van der Waals surface area contributed by atoms with E-state index in [4.69, 9.17) is 22.1 Å². The van der Waals surface area contributed by atoms with Crippen molar-refractivity contribution in [3.8, 4) is 5.75 Å². The van der Waals surface area contributed by atoms with Gasteiger partial charge in [-0.05, 0) is 54.5 Å². The molecule has 1 saturated heterocycles. The van der Waals surface area contributed by atoms with Crippen LogP contribution in [-0.4, -0.2) is 38.3 Å². The zero-order chi connectivity index (χ0) is 22.5. The molecule has 2 N–H and O–H groups in total. The first-order valence-corrected chi connectivity index (χ1v) is 10.4. The van der Waals surface area contributed by atoms with E-state index < -0.39 is 29.7 Å². The molecule has 31 heavy (non-hydrogen) atoms. The molecule has 0 aromatic heterocycles. The Morgan fingerprint density at radius 3 is 2.71 bits per heavy atom. The average Bonchev–Trinajstić information content (AvgIpc) is 2.99. The second-order valence-corrected chi connectivity index (χ2v) is 8.04. The summed E-state index contributed by atoms with van der Waals surface area (Å²) in [6.45, 7) is 1.70. The summed E-state index contributed by atoms with van der Waals surface area (Å²) >= 11 is 6.14. The molecule has 1 aliphatic heterocycles. The first kappa shape index (κ1) is 22.4. The fourth-order valence-electron chi connectivity index (χ4n) is 2.67. The summed E-state index contributed by atoms with van der Waals surface area (Å²) in [5, 5.41) is 10.0. The first-order chi connectivity index (χ1) is 14.8. The maximum Gasteiger partial charge on any atom is 0.344 e. The normalized spacial score (nSPS) is 15.8. The van der Waals surface area contributed by atoms with E-state index in [1.807, 2.05) is 0 Å². The van der Waals surface area contributed by atoms with Crippen molar-refractivity contribution in [3.63, 3.8) is 0 Å². The molecule has 2 aromatic rings. The molecule has 0 aliphatic carbocycles. The van der Waals surface area contributed by atoms with Crippen LogP contribution in [0.4, 0.5) is 4.39 Å². The van der Waals surface area contributed by atoms with Crippen molar-refractivity contribution in [1.29, 1.82) is 0 Å². The molecule has 2 aromatic carbocycles. The van der Waals surface area contributed by atoms with Gasteiger partial charge in [0.15, 0.2) is 10.4 Å². The van der Waals surface area contributed by atoms with E-state index in [-0.39, 0.29) is 14.8 Å². The van der Waals surface area contributed by atoms with Gasteiger partial charge in [0, 0.05) is 0 Å². The third-order valence-electron chi connectivity index (χ3n) is 4.21. The minimum atomic E-state index is -1.07. The smallest absolute Gasteiger partial charge is 0.344 e. The number of ether oxygens (including phenoxy) is 1. The van der Waals surface area contributed by atoms with Gasteiger partial charge in [0.05, 0.1) is 10.5 Å². The number of benzene rings is 2. The molecule has 1 aliphatic rings. The van der Waals surface area contributed by atoms with Crippen LogP contribution in [0.2, 0.25) is 0 Å². The molecule has 0 saturated carbocycles. The van der Waals surface area contributed by atoms with Crippen LogP contribution in [0.5, 0.6) is 5.75 Å². The highest BCUT2D eigenvalue weighted by Gasteiger charge is 2.34. The Balaban J connectivity index is 1.76. The predicted octanol–water partition coefficient (Wildman–Crippen LogP) is 3.61. The van der Waals surface area contributed by atoms with Crippen LogP contribution in [0.15, 0.2) is 53.4 Å². The second kappa shape index (κ2) is 9.71. The van der Waals surface area contributed by atoms with Gasteiger partial charge in [-0.1, -0.05) is 43.0 Å². The van der Waals surface area contributed by atoms with Gasteiger partial charge >= 0.3 is 5.97 Å². The quantitative estimate of drug-likeness (QED) is 0.481. The van der Waals surface area contributed by atoms with Gasteiger partial charge in [-0.25, -0.2) is 9.18 Å². The molecule has 0 radical (unpaired) electrons. The Bertz CT molecular complexity index is 1090. The fourth-order valence-corrected chi connectivity index (χ4v) is 3.85. The van der Waals surface area contributed by atoms with Crippen molar-refractivity contribution in [2.75, 3.05) is 0 Å². The number of amides is 2. The van der Waals surface area contributed by atoms with Gasteiger partial charge in [-0.15, -0.1) is 0 Å².